The van der Waals surface area contributed by atoms with Crippen molar-refractivity contribution in [1.29, 1.82) is 0 Å². The number of benzene rings is 12. The first-order chi connectivity index (χ1) is 63.9. The Kier molecular flexibility index (Phi) is 18.8. The van der Waals surface area contributed by atoms with Gasteiger partial charge in [0.15, 0.2) is 47.1 Å². The van der Waals surface area contributed by atoms with Crippen molar-refractivity contribution in [2.45, 2.75) is 115 Å². The van der Waals surface area contributed by atoms with Crippen molar-refractivity contribution in [2.24, 2.45) is 28.2 Å². The zero-order chi connectivity index (χ0) is 92.4. The number of hydrogen-bond donors (Lipinski definition) is 0. The number of nitrogens with zero attached hydrogens (tertiary/aromatic N) is 8. The molecular formula is C117H102N8O4+4. The SMILES string of the molecule is Cc1cc2c(oc3nc(C)c4ccccc4c32)c(-c2c3ccc(C(C)C)cc3cc[n+]2C)c1C.Cc1ccc2c(oc3ncc4ccccc4c32)c1-c1c2ccc(C(C)C)cc2cc[n+]1C.Cc1ccc2c(oc3ncc4ccccc4c32)c1-c1c2ccccc2cc[n+]1C.[2H]C([2H])([2H])c1cc2c(oc3nc(C)c4ccccc4c32)c(-c2c3ccc(C([2H])(C)C)cc3cc[n+]2C)c1C. The predicted octanol–water partition coefficient (Wildman–Crippen LogP) is 29.0. The van der Waals surface area contributed by atoms with E-state index >= 15 is 0 Å². The maximum Gasteiger partial charge on any atom is 0.228 e. The third-order valence-electron chi connectivity index (χ3n) is 27.0. The summed E-state index contributed by atoms with van der Waals surface area (Å²) in [6.45, 7) is 25.0. The van der Waals surface area contributed by atoms with Crippen LogP contribution in [0.1, 0.15) is 126 Å². The monoisotopic (exact) mass is 1690 g/mol. The normalized spacial score (nSPS) is 12.6. The second-order valence-corrected chi connectivity index (χ2v) is 35.9. The Labute approximate surface area is 754 Å². The molecular weight excluding hydrogens is 1580 g/mol. The molecule has 0 saturated carbocycles. The van der Waals surface area contributed by atoms with Gasteiger partial charge in [-0.2, -0.15) is 0 Å². The van der Waals surface area contributed by atoms with Crippen molar-refractivity contribution in [3.63, 3.8) is 0 Å². The molecule has 0 atom stereocenters. The average molecular weight is 1690 g/mol. The highest BCUT2D eigenvalue weighted by Crippen LogP contribution is 2.48. The molecule has 0 amide bonds. The summed E-state index contributed by atoms with van der Waals surface area (Å²) in [5.41, 5.74) is 25.8. The smallest absolute Gasteiger partial charge is 0.228 e. The van der Waals surface area contributed by atoms with Gasteiger partial charge in [0.05, 0.1) is 65.3 Å². The van der Waals surface area contributed by atoms with E-state index in [9.17, 15) is 0 Å². The minimum absolute atomic E-state index is 0.299. The lowest BCUT2D eigenvalue weighted by atomic mass is 9.92. The topological polar surface area (TPSA) is 120 Å². The lowest BCUT2D eigenvalue weighted by molar-refractivity contribution is -0.659. The van der Waals surface area contributed by atoms with E-state index in [1.807, 2.05) is 112 Å². The number of aryl methyl sites for hydroxylation is 10. The summed E-state index contributed by atoms with van der Waals surface area (Å²) >= 11 is 0. The lowest BCUT2D eigenvalue weighted by Crippen LogP contribution is -2.31. The Morgan fingerprint density at radius 1 is 0.279 bits per heavy atom. The van der Waals surface area contributed by atoms with Gasteiger partial charge in [-0.3, -0.25) is 0 Å². The number of fused-ring (bicyclic) bond motifs is 24. The molecule has 0 bridgehead atoms. The molecule has 0 aliphatic rings. The van der Waals surface area contributed by atoms with Gasteiger partial charge in [-0.1, -0.05) is 217 Å². The van der Waals surface area contributed by atoms with E-state index in [4.69, 9.17) is 33.1 Å². The lowest BCUT2D eigenvalue weighted by Gasteiger charge is -2.12. The van der Waals surface area contributed by atoms with Crippen LogP contribution in [-0.4, -0.2) is 19.9 Å². The number of aromatic nitrogens is 8. The first kappa shape index (κ1) is 76.5. The molecule has 12 aromatic heterocycles. The number of furan rings is 4. The minimum Gasteiger partial charge on any atom is -0.437 e. The molecule has 630 valence electrons. The maximum absolute atomic E-state index is 8.50. The minimum atomic E-state index is -2.31. The highest BCUT2D eigenvalue weighted by Gasteiger charge is 2.32. The van der Waals surface area contributed by atoms with Crippen molar-refractivity contribution in [2.75, 3.05) is 0 Å². The fourth-order valence-corrected chi connectivity index (χ4v) is 19.9. The third-order valence-corrected chi connectivity index (χ3v) is 27.0. The fourth-order valence-electron chi connectivity index (χ4n) is 19.9. The van der Waals surface area contributed by atoms with Crippen molar-refractivity contribution >= 4 is 174 Å². The van der Waals surface area contributed by atoms with Crippen LogP contribution in [0.25, 0.3) is 219 Å². The van der Waals surface area contributed by atoms with E-state index in [2.05, 4.69) is 302 Å². The van der Waals surface area contributed by atoms with Crippen molar-refractivity contribution in [1.82, 2.24) is 19.9 Å². The van der Waals surface area contributed by atoms with Gasteiger partial charge >= 0.3 is 0 Å². The highest BCUT2D eigenvalue weighted by atomic mass is 16.4. The first-order valence-electron chi connectivity index (χ1n) is 46.5. The molecule has 129 heavy (non-hydrogen) atoms. The molecule has 0 N–H and O–H groups in total. The van der Waals surface area contributed by atoms with Gasteiger partial charge in [-0.05, 0) is 203 Å². The zero-order valence-corrected chi connectivity index (χ0v) is 75.8. The average Bonchev–Trinajstić information content (AvgIpc) is 1.58. The Morgan fingerprint density at radius 2 is 0.597 bits per heavy atom. The van der Waals surface area contributed by atoms with Crippen LogP contribution < -0.4 is 18.3 Å². The van der Waals surface area contributed by atoms with Crippen LogP contribution in [-0.2, 0) is 28.2 Å². The van der Waals surface area contributed by atoms with Crippen LogP contribution in [0.5, 0.6) is 0 Å². The number of hydrogen-bond acceptors (Lipinski definition) is 8. The highest BCUT2D eigenvalue weighted by molar-refractivity contribution is 6.25. The quantitative estimate of drug-likeness (QED) is 0.145. The number of pyridine rings is 8. The van der Waals surface area contributed by atoms with Crippen LogP contribution in [0.15, 0.2) is 291 Å². The summed E-state index contributed by atoms with van der Waals surface area (Å²) in [6.07, 6.45) is 12.2. The summed E-state index contributed by atoms with van der Waals surface area (Å²) in [4.78, 5) is 18.9. The van der Waals surface area contributed by atoms with E-state index in [0.717, 1.165) is 143 Å². The van der Waals surface area contributed by atoms with Crippen molar-refractivity contribution < 1.29 is 41.4 Å². The van der Waals surface area contributed by atoms with Gasteiger partial charge in [0.2, 0.25) is 45.6 Å². The molecule has 24 rings (SSSR count). The predicted molar refractivity (Wildman–Crippen MR) is 533 cm³/mol. The summed E-state index contributed by atoms with van der Waals surface area (Å²) in [5.74, 6) is 0.254. The molecule has 0 radical (unpaired) electrons. The third kappa shape index (κ3) is 13.4. The van der Waals surface area contributed by atoms with Crippen LogP contribution in [0.2, 0.25) is 0 Å². The van der Waals surface area contributed by atoms with Crippen LogP contribution >= 0.6 is 0 Å². The summed E-state index contributed by atoms with van der Waals surface area (Å²) in [7, 11) is 8.29. The van der Waals surface area contributed by atoms with Gasteiger partial charge in [0.1, 0.15) is 28.2 Å². The van der Waals surface area contributed by atoms with Crippen molar-refractivity contribution in [3.05, 3.63) is 335 Å². The van der Waals surface area contributed by atoms with Gasteiger partial charge in [0.25, 0.3) is 0 Å². The van der Waals surface area contributed by atoms with E-state index in [0.29, 0.717) is 51.4 Å². The van der Waals surface area contributed by atoms with E-state index in [-0.39, 0.29) is 0 Å². The van der Waals surface area contributed by atoms with Gasteiger partial charge in [-0.25, -0.2) is 38.2 Å². The molecule has 12 nitrogen and oxygen atoms in total. The molecule has 12 heteroatoms. The van der Waals surface area contributed by atoms with Crippen LogP contribution in [0, 0.1) is 55.3 Å². The summed E-state index contributed by atoms with van der Waals surface area (Å²) < 4.78 is 68.3. The zero-order valence-electron chi connectivity index (χ0n) is 79.8. The molecule has 12 heterocycles. The Balaban J connectivity index is 0.000000107. The Morgan fingerprint density at radius 3 is 1.02 bits per heavy atom. The van der Waals surface area contributed by atoms with Crippen LogP contribution in [0.3, 0.4) is 0 Å². The van der Waals surface area contributed by atoms with Gasteiger partial charge in [-0.15, -0.1) is 0 Å². The maximum atomic E-state index is 8.50. The summed E-state index contributed by atoms with van der Waals surface area (Å²) in [6, 6.07) is 82.9. The Bertz CT molecular complexity index is 9040. The van der Waals surface area contributed by atoms with E-state index in [1.54, 1.807) is 6.07 Å². The molecule has 0 aliphatic heterocycles. The first-order valence-corrected chi connectivity index (χ1v) is 44.5. The number of rotatable bonds is 7. The standard InChI is InChI=1S/2C31H29N2O.C29H25N2O.C26H19N2O/c2*1-17(2)21-11-12-24-22(16-21)13-14-33(6)29(24)27-19(4)18(3)15-26-28-25-10-8-7-9-23(25)20(5)32-31(28)34-30(26)27;1-17(2)19-10-12-23-20(15-19)13-14-31(4)27(23)25-18(3)9-11-24-26-22-8-6-5-7-21(22)16-30-29(26)32-28(24)25;1-16-11-12-21-23-19-9-5-4-8-18(19)15-27-26(23)29-25(21)22(16)24-20-10-6-3-7-17(20)13-14-28(24)2/h2*7-17H,1-6H3;5-17H,1-4H3;3-15H,1-2H3/q4*+1/i3D3,17D;;;. The van der Waals surface area contributed by atoms with Crippen molar-refractivity contribution in [3.8, 4) is 45.0 Å². The van der Waals surface area contributed by atoms with E-state index in [1.165, 1.54) is 98.6 Å². The Hall–Kier alpha value is -14.9. The second kappa shape index (κ2) is 31.6. The molecule has 12 aromatic carbocycles. The van der Waals surface area contributed by atoms with Crippen LogP contribution in [0.4, 0.5) is 0 Å². The molecule has 0 saturated heterocycles. The largest absolute Gasteiger partial charge is 0.437 e. The molecule has 0 spiro atoms. The van der Waals surface area contributed by atoms with Gasteiger partial charge < -0.3 is 17.7 Å². The fraction of sp³-hybridized carbons (Fsp3) is 0.179. The second-order valence-electron chi connectivity index (χ2n) is 35.9. The van der Waals surface area contributed by atoms with E-state index < -0.39 is 12.7 Å². The molecule has 0 fully saturated rings. The molecule has 0 unspecified atom stereocenters. The van der Waals surface area contributed by atoms with Gasteiger partial charge in [0, 0.05) is 96.6 Å². The molecule has 0 aliphatic carbocycles. The summed E-state index contributed by atoms with van der Waals surface area (Å²) in [5, 5.41) is 26.5. The molecule has 24 aromatic rings.